The first-order valence-corrected chi connectivity index (χ1v) is 5.15. The van der Waals surface area contributed by atoms with Crippen LogP contribution in [0.15, 0.2) is 23.2 Å². The first-order chi connectivity index (χ1) is 6.61. The number of halogens is 2. The van der Waals surface area contributed by atoms with Gasteiger partial charge in [0.15, 0.2) is 16.9 Å². The van der Waals surface area contributed by atoms with E-state index in [9.17, 15) is 8.60 Å². The molecule has 0 radical (unpaired) electrons. The SMILES string of the molecule is O=S(O)c1c[nH]c2c(F)c(Cl)ccc12. The summed E-state index contributed by atoms with van der Waals surface area (Å²) in [5.41, 5.74) is 0.148. The Morgan fingerprint density at radius 2 is 2.21 bits per heavy atom. The molecule has 0 aliphatic heterocycles. The van der Waals surface area contributed by atoms with Crippen LogP contribution >= 0.6 is 11.6 Å². The van der Waals surface area contributed by atoms with E-state index in [0.29, 0.717) is 5.39 Å². The minimum Gasteiger partial charge on any atom is -0.357 e. The van der Waals surface area contributed by atoms with Crippen molar-refractivity contribution in [1.82, 2.24) is 4.98 Å². The molecule has 2 N–H and O–H groups in total. The molecule has 0 amide bonds. The Kier molecular flexibility index (Phi) is 2.30. The third-order valence-corrected chi connectivity index (χ3v) is 2.90. The van der Waals surface area contributed by atoms with Crippen LogP contribution in [0.25, 0.3) is 10.9 Å². The quantitative estimate of drug-likeness (QED) is 0.744. The molecule has 0 saturated heterocycles. The Labute approximate surface area is 86.2 Å². The summed E-state index contributed by atoms with van der Waals surface area (Å²) in [7, 11) is 0. The smallest absolute Gasteiger partial charge is 0.188 e. The lowest BCUT2D eigenvalue weighted by Crippen LogP contribution is -1.85. The topological polar surface area (TPSA) is 53.1 Å². The first-order valence-electron chi connectivity index (χ1n) is 3.67. The second-order valence-corrected chi connectivity index (χ2v) is 4.03. The normalized spacial score (nSPS) is 13.4. The van der Waals surface area contributed by atoms with Gasteiger partial charge in [-0.15, -0.1) is 0 Å². The number of aromatic amines is 1. The molecule has 6 heteroatoms. The van der Waals surface area contributed by atoms with Gasteiger partial charge in [0.05, 0.1) is 15.4 Å². The van der Waals surface area contributed by atoms with Gasteiger partial charge in [-0.25, -0.2) is 8.60 Å². The van der Waals surface area contributed by atoms with Crippen LogP contribution in [0.1, 0.15) is 0 Å². The van der Waals surface area contributed by atoms with Crippen molar-refractivity contribution in [2.75, 3.05) is 0 Å². The molecule has 2 aromatic rings. The average Bonchev–Trinajstić information content (AvgIpc) is 2.55. The van der Waals surface area contributed by atoms with Gasteiger partial charge in [0.2, 0.25) is 0 Å². The van der Waals surface area contributed by atoms with Crippen molar-refractivity contribution in [3.8, 4) is 0 Å². The van der Waals surface area contributed by atoms with Gasteiger partial charge in [-0.3, -0.25) is 0 Å². The standard InChI is InChI=1S/C8H5ClFNO2S/c9-5-2-1-4-6(14(12)13)3-11-8(4)7(5)10/h1-3,11H,(H,12,13). The van der Waals surface area contributed by atoms with Crippen LogP contribution in [-0.2, 0) is 11.1 Å². The van der Waals surface area contributed by atoms with Crippen molar-refractivity contribution in [3.63, 3.8) is 0 Å². The molecule has 2 rings (SSSR count). The van der Waals surface area contributed by atoms with Crippen LogP contribution in [-0.4, -0.2) is 13.7 Å². The lowest BCUT2D eigenvalue weighted by Gasteiger charge is -1.96. The summed E-state index contributed by atoms with van der Waals surface area (Å²) >= 11 is 3.41. The van der Waals surface area contributed by atoms with Crippen molar-refractivity contribution in [3.05, 3.63) is 29.2 Å². The highest BCUT2D eigenvalue weighted by molar-refractivity contribution is 7.79. The Morgan fingerprint density at radius 1 is 1.50 bits per heavy atom. The molecular formula is C8H5ClFNO2S. The van der Waals surface area contributed by atoms with Crippen LogP contribution in [0.2, 0.25) is 5.02 Å². The van der Waals surface area contributed by atoms with Gasteiger partial charge in [0.25, 0.3) is 0 Å². The van der Waals surface area contributed by atoms with Crippen molar-refractivity contribution >= 4 is 33.6 Å². The molecule has 0 aliphatic carbocycles. The Morgan fingerprint density at radius 3 is 2.86 bits per heavy atom. The highest BCUT2D eigenvalue weighted by atomic mass is 35.5. The summed E-state index contributed by atoms with van der Waals surface area (Å²) in [6, 6.07) is 2.85. The summed E-state index contributed by atoms with van der Waals surface area (Å²) in [6.45, 7) is 0. The molecule has 1 aromatic carbocycles. The maximum atomic E-state index is 13.3. The van der Waals surface area contributed by atoms with Crippen LogP contribution in [0.4, 0.5) is 4.39 Å². The van der Waals surface area contributed by atoms with Gasteiger partial charge < -0.3 is 9.54 Å². The predicted molar refractivity (Wildman–Crippen MR) is 52.3 cm³/mol. The van der Waals surface area contributed by atoms with E-state index < -0.39 is 16.9 Å². The number of aromatic nitrogens is 1. The van der Waals surface area contributed by atoms with Crippen molar-refractivity contribution in [1.29, 1.82) is 0 Å². The van der Waals surface area contributed by atoms with Gasteiger partial charge in [-0.2, -0.15) is 0 Å². The summed E-state index contributed by atoms with van der Waals surface area (Å²) in [4.78, 5) is 2.71. The Balaban J connectivity index is 2.83. The van der Waals surface area contributed by atoms with Crippen LogP contribution in [0.3, 0.4) is 0 Å². The monoisotopic (exact) mass is 233 g/mol. The maximum absolute atomic E-state index is 13.3. The van der Waals surface area contributed by atoms with Crippen molar-refractivity contribution in [2.45, 2.75) is 4.90 Å². The maximum Gasteiger partial charge on any atom is 0.188 e. The summed E-state index contributed by atoms with van der Waals surface area (Å²) in [5.74, 6) is -0.610. The van der Waals surface area contributed by atoms with Gasteiger partial charge in [0, 0.05) is 11.6 Å². The van der Waals surface area contributed by atoms with Gasteiger partial charge in [-0.1, -0.05) is 11.6 Å². The third-order valence-electron chi connectivity index (χ3n) is 1.90. The second kappa shape index (κ2) is 3.34. The zero-order valence-electron chi connectivity index (χ0n) is 6.75. The van der Waals surface area contributed by atoms with Crippen molar-refractivity contribution in [2.24, 2.45) is 0 Å². The zero-order valence-corrected chi connectivity index (χ0v) is 8.32. The molecule has 0 spiro atoms. The molecule has 1 aromatic heterocycles. The van der Waals surface area contributed by atoms with E-state index in [1.165, 1.54) is 18.3 Å². The van der Waals surface area contributed by atoms with E-state index in [1.807, 2.05) is 0 Å². The zero-order chi connectivity index (χ0) is 10.3. The number of benzene rings is 1. The molecule has 3 nitrogen and oxygen atoms in total. The molecule has 1 atom stereocenters. The molecule has 0 fully saturated rings. The number of H-pyrrole nitrogens is 1. The molecule has 1 unspecified atom stereocenters. The summed E-state index contributed by atoms with van der Waals surface area (Å²) in [5, 5.41) is 0.349. The second-order valence-electron chi connectivity index (χ2n) is 2.69. The number of hydrogen-bond donors (Lipinski definition) is 2. The minimum absolute atomic E-state index is 0.0189. The van der Waals surface area contributed by atoms with Crippen LogP contribution in [0.5, 0.6) is 0 Å². The first kappa shape index (κ1) is 9.64. The molecule has 14 heavy (non-hydrogen) atoms. The van der Waals surface area contributed by atoms with Crippen molar-refractivity contribution < 1.29 is 13.2 Å². The average molecular weight is 234 g/mol. The van der Waals surface area contributed by atoms with Gasteiger partial charge in [-0.05, 0) is 12.1 Å². The largest absolute Gasteiger partial charge is 0.357 e. The molecule has 74 valence electrons. The summed E-state index contributed by atoms with van der Waals surface area (Å²) < 4.78 is 33.0. The summed E-state index contributed by atoms with van der Waals surface area (Å²) in [6.07, 6.45) is 1.29. The molecule has 0 saturated carbocycles. The van der Waals surface area contributed by atoms with Gasteiger partial charge in [0.1, 0.15) is 0 Å². The third kappa shape index (κ3) is 1.33. The fourth-order valence-corrected chi connectivity index (χ4v) is 1.93. The Hall–Kier alpha value is -0.910. The number of rotatable bonds is 1. The van der Waals surface area contributed by atoms with Gasteiger partial charge >= 0.3 is 0 Å². The molecular weight excluding hydrogens is 229 g/mol. The fourth-order valence-electron chi connectivity index (χ4n) is 1.26. The lowest BCUT2D eigenvalue weighted by atomic mass is 10.2. The van der Waals surface area contributed by atoms with Crippen LogP contribution < -0.4 is 0 Å². The van der Waals surface area contributed by atoms with E-state index in [0.717, 1.165) is 0 Å². The number of fused-ring (bicyclic) bond motifs is 1. The highest BCUT2D eigenvalue weighted by Crippen LogP contribution is 2.27. The van der Waals surface area contributed by atoms with Crippen LogP contribution in [0, 0.1) is 5.82 Å². The van der Waals surface area contributed by atoms with E-state index in [2.05, 4.69) is 4.98 Å². The van der Waals surface area contributed by atoms with E-state index >= 15 is 0 Å². The minimum atomic E-state index is -2.13. The van der Waals surface area contributed by atoms with E-state index in [1.54, 1.807) is 0 Å². The molecule has 0 aliphatic rings. The number of hydrogen-bond acceptors (Lipinski definition) is 1. The Bertz CT molecular complexity index is 525. The van der Waals surface area contributed by atoms with E-state index in [4.69, 9.17) is 16.2 Å². The number of nitrogens with one attached hydrogen (secondary N) is 1. The predicted octanol–water partition coefficient (Wildman–Crippen LogP) is 2.54. The lowest BCUT2D eigenvalue weighted by molar-refractivity contribution is 0.565. The van der Waals surface area contributed by atoms with E-state index in [-0.39, 0.29) is 15.4 Å². The fraction of sp³-hybridized carbons (Fsp3) is 0. The highest BCUT2D eigenvalue weighted by Gasteiger charge is 2.13. The molecule has 0 bridgehead atoms. The molecule has 1 heterocycles.